The lowest BCUT2D eigenvalue weighted by Gasteiger charge is -2.27. The molecule has 12 heteroatoms. The van der Waals surface area contributed by atoms with Crippen LogP contribution in [0, 0.1) is 27.4 Å². The van der Waals surface area contributed by atoms with Crippen molar-refractivity contribution < 1.29 is 24.7 Å². The fourth-order valence-corrected chi connectivity index (χ4v) is 3.32. The Kier molecular flexibility index (Phi) is 13.0. The maximum Gasteiger partial charge on any atom is 0.475 e. The molecule has 178 valence electrons. The summed E-state index contributed by atoms with van der Waals surface area (Å²) in [5.41, 5.74) is 6.54. The average molecular weight is 443 g/mol. The molecule has 0 aromatic rings. The molecule has 1 amide bonds. The number of hydrogen-bond donors (Lipinski definition) is 5. The van der Waals surface area contributed by atoms with Gasteiger partial charge in [-0.05, 0) is 31.6 Å². The van der Waals surface area contributed by atoms with Gasteiger partial charge in [0.15, 0.2) is 5.03 Å². The molecule has 0 spiro atoms. The van der Waals surface area contributed by atoms with E-state index in [0.717, 1.165) is 6.42 Å². The molecule has 0 aliphatic rings. The van der Waals surface area contributed by atoms with Crippen LogP contribution in [0.2, 0.25) is 0 Å². The van der Waals surface area contributed by atoms with Crippen molar-refractivity contribution in [1.82, 2.24) is 10.7 Å². The highest BCUT2D eigenvalue weighted by Gasteiger charge is 2.33. The van der Waals surface area contributed by atoms with E-state index in [1.54, 1.807) is 5.43 Å². The third kappa shape index (κ3) is 12.3. The number of Topliss-reactive ketones (excluding diaryl/α,β-unsaturated/α-hetero) is 1. The maximum absolute atomic E-state index is 12.9. The van der Waals surface area contributed by atoms with E-state index in [4.69, 9.17) is 5.73 Å². The van der Waals surface area contributed by atoms with E-state index >= 15 is 0 Å². The van der Waals surface area contributed by atoms with Crippen LogP contribution in [0.25, 0.3) is 0 Å². The van der Waals surface area contributed by atoms with Gasteiger partial charge in [-0.15, -0.1) is 0 Å². The quantitative estimate of drug-likeness (QED) is 0.0615. The number of carbonyl (C=O) groups is 2. The fourth-order valence-electron chi connectivity index (χ4n) is 3.32. The number of ketones is 1. The van der Waals surface area contributed by atoms with Gasteiger partial charge in [-0.3, -0.25) is 9.59 Å². The molecule has 0 radical (unpaired) electrons. The van der Waals surface area contributed by atoms with Crippen LogP contribution in [0.4, 0.5) is 0 Å². The average Bonchev–Trinajstić information content (AvgIpc) is 2.62. The van der Waals surface area contributed by atoms with Crippen LogP contribution >= 0.6 is 0 Å². The zero-order valence-corrected chi connectivity index (χ0v) is 19.3. The molecule has 0 saturated heterocycles. The van der Waals surface area contributed by atoms with Gasteiger partial charge in [0.2, 0.25) is 5.91 Å². The van der Waals surface area contributed by atoms with E-state index in [1.807, 2.05) is 34.6 Å². The minimum atomic E-state index is -1.71. The van der Waals surface area contributed by atoms with E-state index in [2.05, 4.69) is 10.3 Å². The van der Waals surface area contributed by atoms with Crippen LogP contribution in [-0.2, 0) is 9.59 Å². The monoisotopic (exact) mass is 443 g/mol. The largest absolute Gasteiger partial charge is 0.475 e. The first-order chi connectivity index (χ1) is 14.3. The number of guanidine groups is 1. The number of nitrogens with zero attached hydrogens (tertiary/aromatic N) is 2. The molecule has 0 fully saturated rings. The summed E-state index contributed by atoms with van der Waals surface area (Å²) in [6.07, 6.45) is 2.58. The minimum Gasteiger partial charge on any atom is -0.426 e. The second kappa shape index (κ2) is 14.0. The van der Waals surface area contributed by atoms with E-state index < -0.39 is 35.3 Å². The van der Waals surface area contributed by atoms with Gasteiger partial charge in [-0.25, -0.2) is 15.1 Å². The van der Waals surface area contributed by atoms with Gasteiger partial charge in [0.1, 0.15) is 5.78 Å². The SMILES string of the molecule is CCCC(C)(C)C(=O)C[C@@H](CCCN=C(N)N[N+](=O)[O-])C(=O)N[C@@H](CC(C)C)B(O)O. The fraction of sp³-hybridized carbons (Fsp3) is 0.842. The van der Waals surface area contributed by atoms with Gasteiger partial charge in [-0.1, -0.05) is 46.5 Å². The summed E-state index contributed by atoms with van der Waals surface area (Å²) in [4.78, 5) is 39.9. The molecule has 0 aromatic heterocycles. The number of amides is 1. The van der Waals surface area contributed by atoms with Crippen LogP contribution in [0.3, 0.4) is 0 Å². The van der Waals surface area contributed by atoms with E-state index in [9.17, 15) is 29.8 Å². The summed E-state index contributed by atoms with van der Waals surface area (Å²) in [5, 5.41) is 31.4. The normalized spacial score (nSPS) is 14.1. The number of hydrogen-bond acceptors (Lipinski definition) is 7. The lowest BCUT2D eigenvalue weighted by atomic mass is 9.74. The minimum absolute atomic E-state index is 0.0150. The summed E-state index contributed by atoms with van der Waals surface area (Å²) in [7, 11) is -1.71. The first-order valence-electron chi connectivity index (χ1n) is 10.7. The van der Waals surface area contributed by atoms with Crippen LogP contribution in [0.5, 0.6) is 0 Å². The first kappa shape index (κ1) is 28.8. The number of hydrazine groups is 1. The Hall–Kier alpha value is -2.21. The Balaban J connectivity index is 5.26. The van der Waals surface area contributed by atoms with Crippen molar-refractivity contribution in [2.45, 2.75) is 79.1 Å². The summed E-state index contributed by atoms with van der Waals surface area (Å²) in [6.45, 7) is 9.62. The van der Waals surface area contributed by atoms with Crippen molar-refractivity contribution in [3.63, 3.8) is 0 Å². The number of nitrogens with one attached hydrogen (secondary N) is 2. The Morgan fingerprint density at radius 1 is 1.29 bits per heavy atom. The third-order valence-electron chi connectivity index (χ3n) is 5.04. The number of nitrogens with two attached hydrogens (primary N) is 1. The van der Waals surface area contributed by atoms with E-state index in [1.165, 1.54) is 0 Å². The van der Waals surface area contributed by atoms with Gasteiger partial charge in [-0.2, -0.15) is 0 Å². The highest BCUT2D eigenvalue weighted by atomic mass is 16.7. The lowest BCUT2D eigenvalue weighted by Crippen LogP contribution is -2.49. The zero-order valence-electron chi connectivity index (χ0n) is 19.3. The molecule has 0 bridgehead atoms. The molecule has 0 rings (SSSR count). The Bertz CT molecular complexity index is 627. The summed E-state index contributed by atoms with van der Waals surface area (Å²) < 4.78 is 0. The summed E-state index contributed by atoms with van der Waals surface area (Å²) in [5.74, 6) is -2.21. The molecular formula is C19H38BN5O6. The van der Waals surface area contributed by atoms with Crippen molar-refractivity contribution >= 4 is 24.8 Å². The molecule has 2 atom stereocenters. The second-order valence-corrected chi connectivity index (χ2v) is 8.89. The van der Waals surface area contributed by atoms with Gasteiger partial charge in [0.05, 0.1) is 5.94 Å². The molecule has 0 aliphatic heterocycles. The maximum atomic E-state index is 12.9. The van der Waals surface area contributed by atoms with Crippen molar-refractivity contribution in [1.29, 1.82) is 0 Å². The number of carbonyl (C=O) groups excluding carboxylic acids is 2. The lowest BCUT2D eigenvalue weighted by molar-refractivity contribution is -0.525. The molecular weight excluding hydrogens is 405 g/mol. The number of nitro groups is 1. The molecule has 6 N–H and O–H groups in total. The molecule has 31 heavy (non-hydrogen) atoms. The van der Waals surface area contributed by atoms with E-state index in [0.29, 0.717) is 25.7 Å². The zero-order chi connectivity index (χ0) is 24.2. The molecule has 0 heterocycles. The highest BCUT2D eigenvalue weighted by molar-refractivity contribution is 6.43. The topological polar surface area (TPSA) is 180 Å². The molecule has 0 unspecified atom stereocenters. The third-order valence-corrected chi connectivity index (χ3v) is 5.04. The second-order valence-electron chi connectivity index (χ2n) is 8.89. The van der Waals surface area contributed by atoms with Gasteiger partial charge >= 0.3 is 7.12 Å². The van der Waals surface area contributed by atoms with Gasteiger partial charge < -0.3 is 21.1 Å². The molecule has 0 aromatic carbocycles. The van der Waals surface area contributed by atoms with Gasteiger partial charge in [0, 0.05) is 24.3 Å². The molecule has 0 aliphatic carbocycles. The van der Waals surface area contributed by atoms with Crippen molar-refractivity contribution in [2.24, 2.45) is 28.0 Å². The Morgan fingerprint density at radius 2 is 1.90 bits per heavy atom. The van der Waals surface area contributed by atoms with Crippen molar-refractivity contribution in [3.8, 4) is 0 Å². The Morgan fingerprint density at radius 3 is 2.39 bits per heavy atom. The van der Waals surface area contributed by atoms with Crippen LogP contribution in [-0.4, -0.2) is 52.3 Å². The summed E-state index contributed by atoms with van der Waals surface area (Å²) >= 11 is 0. The molecule has 11 nitrogen and oxygen atoms in total. The predicted molar refractivity (Wildman–Crippen MR) is 119 cm³/mol. The standard InChI is InChI=1S/C19H38BN5O6/c1-6-9-19(4,5)15(26)12-14(8-7-10-22-18(21)24-25(30)31)17(27)23-16(20(28)29)11-13(2)3/h13-14,16,28-29H,6-12H2,1-5H3,(H,23,27)(H3,21,22,24)/t14-,16+/m1/s1. The van der Waals surface area contributed by atoms with Gasteiger partial charge in [0.25, 0.3) is 5.96 Å². The highest BCUT2D eigenvalue weighted by Crippen LogP contribution is 2.28. The van der Waals surface area contributed by atoms with Crippen LogP contribution in [0.15, 0.2) is 4.99 Å². The van der Waals surface area contributed by atoms with Crippen molar-refractivity contribution in [3.05, 3.63) is 10.1 Å². The first-order valence-corrected chi connectivity index (χ1v) is 10.7. The van der Waals surface area contributed by atoms with E-state index in [-0.39, 0.29) is 30.6 Å². The van der Waals surface area contributed by atoms with Crippen LogP contribution in [0.1, 0.15) is 73.1 Å². The predicted octanol–water partition coefficient (Wildman–Crippen LogP) is 0.807. The number of rotatable bonds is 15. The summed E-state index contributed by atoms with van der Waals surface area (Å²) in [6, 6.07) is 0. The smallest absolute Gasteiger partial charge is 0.426 e. The Labute approximate surface area is 184 Å². The van der Waals surface area contributed by atoms with Crippen molar-refractivity contribution in [2.75, 3.05) is 6.54 Å². The number of aliphatic imine (C=N–C) groups is 1. The molecule has 0 saturated carbocycles. The van der Waals surface area contributed by atoms with Crippen LogP contribution < -0.4 is 16.5 Å².